The van der Waals surface area contributed by atoms with E-state index in [0.29, 0.717) is 0 Å². The van der Waals surface area contributed by atoms with Crippen molar-refractivity contribution in [1.29, 1.82) is 0 Å². The maximum absolute atomic E-state index is 10.5. The molecular weight excluding hydrogens is 208 g/mol. The van der Waals surface area contributed by atoms with Crippen molar-refractivity contribution in [3.05, 3.63) is 0 Å². The first-order valence-corrected chi connectivity index (χ1v) is 5.54. The zero-order valence-electron chi connectivity index (χ0n) is 7.84. The molecule has 0 amide bonds. The molecule has 1 fully saturated rings. The first-order valence-electron chi connectivity index (χ1n) is 4.26. The standard InChI is InChI=1S/C8H14O5S/c1-14-7-4-8(12,2-5(9)10)3-6(11)13-7/h6-7,11-12H,2-4H2,1H3,(H,9,10). The highest BCUT2D eigenvalue weighted by Gasteiger charge is 2.40. The van der Waals surface area contributed by atoms with Crippen LogP contribution in [0.4, 0.5) is 0 Å². The van der Waals surface area contributed by atoms with E-state index in [2.05, 4.69) is 0 Å². The van der Waals surface area contributed by atoms with E-state index in [1.54, 1.807) is 6.26 Å². The molecular formula is C8H14O5S. The van der Waals surface area contributed by atoms with E-state index < -0.39 is 17.9 Å². The van der Waals surface area contributed by atoms with Gasteiger partial charge >= 0.3 is 5.97 Å². The Morgan fingerprint density at radius 2 is 2.29 bits per heavy atom. The van der Waals surface area contributed by atoms with Gasteiger partial charge in [-0.15, -0.1) is 11.8 Å². The predicted octanol–water partition coefficient (Wildman–Crippen LogP) is 0.0101. The van der Waals surface area contributed by atoms with Crippen LogP contribution in [0.15, 0.2) is 0 Å². The highest BCUT2D eigenvalue weighted by Crippen LogP contribution is 2.34. The quantitative estimate of drug-likeness (QED) is 0.623. The Balaban J connectivity index is 2.63. The first-order chi connectivity index (χ1) is 6.45. The lowest BCUT2D eigenvalue weighted by atomic mass is 9.90. The second-order valence-corrected chi connectivity index (χ2v) is 4.46. The molecule has 5 nitrogen and oxygen atoms in total. The molecule has 3 N–H and O–H groups in total. The second-order valence-electron chi connectivity index (χ2n) is 3.46. The Bertz CT molecular complexity index is 222. The fraction of sp³-hybridized carbons (Fsp3) is 0.875. The number of aliphatic hydroxyl groups is 2. The zero-order valence-corrected chi connectivity index (χ0v) is 8.66. The third-order valence-corrected chi connectivity index (χ3v) is 2.96. The third kappa shape index (κ3) is 3.13. The summed E-state index contributed by atoms with van der Waals surface area (Å²) in [5.74, 6) is -1.07. The normalized spacial score (nSPS) is 38.2. The zero-order chi connectivity index (χ0) is 10.8. The minimum absolute atomic E-state index is 0.0453. The number of aliphatic hydroxyl groups excluding tert-OH is 1. The van der Waals surface area contributed by atoms with Crippen molar-refractivity contribution in [1.82, 2.24) is 0 Å². The Labute approximate surface area is 86.1 Å². The average molecular weight is 222 g/mol. The van der Waals surface area contributed by atoms with Gasteiger partial charge in [-0.2, -0.15) is 0 Å². The lowest BCUT2D eigenvalue weighted by Crippen LogP contribution is -2.45. The van der Waals surface area contributed by atoms with Crippen molar-refractivity contribution in [3.8, 4) is 0 Å². The number of carboxylic acids is 1. The Morgan fingerprint density at radius 3 is 2.79 bits per heavy atom. The summed E-state index contributed by atoms with van der Waals surface area (Å²) in [4.78, 5) is 10.5. The molecule has 0 aromatic rings. The molecule has 0 aliphatic carbocycles. The second kappa shape index (κ2) is 4.48. The summed E-state index contributed by atoms with van der Waals surface area (Å²) in [6.07, 6.45) is 0.535. The molecule has 82 valence electrons. The maximum atomic E-state index is 10.5. The molecule has 0 saturated carbocycles. The van der Waals surface area contributed by atoms with Gasteiger partial charge in [0.05, 0.1) is 12.0 Å². The van der Waals surface area contributed by atoms with Gasteiger partial charge in [0.25, 0.3) is 0 Å². The molecule has 1 aliphatic heterocycles. The number of hydrogen-bond acceptors (Lipinski definition) is 5. The number of ether oxygens (including phenoxy) is 1. The molecule has 3 unspecified atom stereocenters. The number of aliphatic carboxylic acids is 1. The minimum Gasteiger partial charge on any atom is -0.481 e. The van der Waals surface area contributed by atoms with Gasteiger partial charge in [-0.3, -0.25) is 4.79 Å². The van der Waals surface area contributed by atoms with Crippen molar-refractivity contribution in [3.63, 3.8) is 0 Å². The largest absolute Gasteiger partial charge is 0.481 e. The molecule has 6 heteroatoms. The lowest BCUT2D eigenvalue weighted by Gasteiger charge is -2.37. The summed E-state index contributed by atoms with van der Waals surface area (Å²) in [7, 11) is 0. The highest BCUT2D eigenvalue weighted by molar-refractivity contribution is 7.99. The van der Waals surface area contributed by atoms with Crippen LogP contribution in [0.25, 0.3) is 0 Å². The molecule has 14 heavy (non-hydrogen) atoms. The summed E-state index contributed by atoms with van der Waals surface area (Å²) in [6, 6.07) is 0. The summed E-state index contributed by atoms with van der Waals surface area (Å²) < 4.78 is 5.08. The molecule has 3 atom stereocenters. The van der Waals surface area contributed by atoms with Gasteiger partial charge in [0, 0.05) is 12.8 Å². The third-order valence-electron chi connectivity index (χ3n) is 2.15. The van der Waals surface area contributed by atoms with Crippen molar-refractivity contribution in [2.75, 3.05) is 6.26 Å². The fourth-order valence-electron chi connectivity index (χ4n) is 1.55. The number of rotatable bonds is 3. The number of carbonyl (C=O) groups is 1. The monoisotopic (exact) mass is 222 g/mol. The van der Waals surface area contributed by atoms with E-state index >= 15 is 0 Å². The van der Waals surface area contributed by atoms with Gasteiger partial charge in [-0.05, 0) is 6.26 Å². The van der Waals surface area contributed by atoms with Gasteiger partial charge in [-0.1, -0.05) is 0 Å². The summed E-state index contributed by atoms with van der Waals surface area (Å²) in [5, 5.41) is 27.7. The average Bonchev–Trinajstić information content (AvgIpc) is 1.99. The molecule has 1 aliphatic rings. The van der Waals surface area contributed by atoms with Gasteiger partial charge in [0.2, 0.25) is 0 Å². The van der Waals surface area contributed by atoms with E-state index in [1.807, 2.05) is 0 Å². The molecule has 1 rings (SSSR count). The van der Waals surface area contributed by atoms with Crippen LogP contribution in [0, 0.1) is 0 Å². The Hall–Kier alpha value is -0.300. The molecule has 1 heterocycles. The number of carboxylic acid groups (broad SMARTS) is 1. The van der Waals surface area contributed by atoms with Crippen LogP contribution in [0.2, 0.25) is 0 Å². The van der Waals surface area contributed by atoms with Crippen LogP contribution in [-0.2, 0) is 9.53 Å². The molecule has 0 radical (unpaired) electrons. The van der Waals surface area contributed by atoms with E-state index in [9.17, 15) is 15.0 Å². The van der Waals surface area contributed by atoms with E-state index in [0.717, 1.165) is 0 Å². The van der Waals surface area contributed by atoms with Crippen LogP contribution in [-0.4, -0.2) is 44.9 Å². The van der Waals surface area contributed by atoms with Crippen molar-refractivity contribution >= 4 is 17.7 Å². The van der Waals surface area contributed by atoms with Gasteiger partial charge in [0.1, 0.15) is 5.44 Å². The molecule has 0 aromatic heterocycles. The topological polar surface area (TPSA) is 87.0 Å². The van der Waals surface area contributed by atoms with Crippen LogP contribution >= 0.6 is 11.8 Å². The minimum atomic E-state index is -1.35. The van der Waals surface area contributed by atoms with Gasteiger partial charge < -0.3 is 20.1 Å². The summed E-state index contributed by atoms with van der Waals surface area (Å²) >= 11 is 1.34. The number of thioether (sulfide) groups is 1. The van der Waals surface area contributed by atoms with Crippen molar-refractivity contribution < 1.29 is 24.9 Å². The molecule has 0 aromatic carbocycles. The molecule has 1 saturated heterocycles. The predicted molar refractivity (Wildman–Crippen MR) is 50.8 cm³/mol. The van der Waals surface area contributed by atoms with Crippen LogP contribution in [0.3, 0.4) is 0 Å². The SMILES string of the molecule is CSC1CC(O)(CC(=O)O)CC(O)O1. The van der Waals surface area contributed by atoms with E-state index in [-0.39, 0.29) is 24.7 Å². The maximum Gasteiger partial charge on any atom is 0.306 e. The first kappa shape index (κ1) is 11.8. The van der Waals surface area contributed by atoms with E-state index in [4.69, 9.17) is 9.84 Å². The number of hydrogen-bond donors (Lipinski definition) is 3. The van der Waals surface area contributed by atoms with Gasteiger partial charge in [0.15, 0.2) is 6.29 Å². The Morgan fingerprint density at radius 1 is 1.64 bits per heavy atom. The van der Waals surface area contributed by atoms with Crippen LogP contribution in [0.5, 0.6) is 0 Å². The summed E-state index contributed by atoms with van der Waals surface area (Å²) in [6.45, 7) is 0. The van der Waals surface area contributed by atoms with Crippen LogP contribution in [0.1, 0.15) is 19.3 Å². The van der Waals surface area contributed by atoms with Crippen LogP contribution < -0.4 is 0 Å². The molecule has 0 spiro atoms. The Kier molecular flexibility index (Phi) is 3.77. The van der Waals surface area contributed by atoms with Crippen molar-refractivity contribution in [2.24, 2.45) is 0 Å². The van der Waals surface area contributed by atoms with E-state index in [1.165, 1.54) is 11.8 Å². The smallest absolute Gasteiger partial charge is 0.306 e. The van der Waals surface area contributed by atoms with Crippen molar-refractivity contribution in [2.45, 2.75) is 36.6 Å². The van der Waals surface area contributed by atoms with Gasteiger partial charge in [-0.25, -0.2) is 0 Å². The summed E-state index contributed by atoms with van der Waals surface area (Å²) in [5.41, 5.74) is -1.69. The lowest BCUT2D eigenvalue weighted by molar-refractivity contribution is -0.199. The fourth-order valence-corrected chi connectivity index (χ4v) is 2.27. The molecule has 0 bridgehead atoms. The highest BCUT2D eigenvalue weighted by atomic mass is 32.2.